The fourth-order valence-corrected chi connectivity index (χ4v) is 1.26. The van der Waals surface area contributed by atoms with E-state index in [4.69, 9.17) is 5.73 Å². The van der Waals surface area contributed by atoms with E-state index in [-0.39, 0.29) is 6.04 Å². The van der Waals surface area contributed by atoms with Crippen LogP contribution >= 0.6 is 0 Å². The molecule has 0 aliphatic carbocycles. The second kappa shape index (κ2) is 3.95. The number of nitrogens with two attached hydrogens (primary N) is 1. The summed E-state index contributed by atoms with van der Waals surface area (Å²) in [5.74, 6) is 1.88. The molecule has 0 bridgehead atoms. The van der Waals surface area contributed by atoms with Gasteiger partial charge in [-0.05, 0) is 6.92 Å². The van der Waals surface area contributed by atoms with E-state index in [1.165, 1.54) is 6.20 Å². The van der Waals surface area contributed by atoms with E-state index < -0.39 is 0 Å². The second-order valence-corrected chi connectivity index (χ2v) is 3.17. The molecule has 0 saturated carbocycles. The van der Waals surface area contributed by atoms with Crippen molar-refractivity contribution in [3.8, 4) is 0 Å². The van der Waals surface area contributed by atoms with Crippen LogP contribution in [0, 0.1) is 0 Å². The van der Waals surface area contributed by atoms with Crippen molar-refractivity contribution in [3.63, 3.8) is 0 Å². The van der Waals surface area contributed by atoms with Gasteiger partial charge >= 0.3 is 0 Å². The van der Waals surface area contributed by atoms with Gasteiger partial charge in [-0.2, -0.15) is 0 Å². The normalized spacial score (nSPS) is 12.3. The van der Waals surface area contributed by atoms with Gasteiger partial charge in [-0.1, -0.05) is 0 Å². The van der Waals surface area contributed by atoms with E-state index in [1.54, 1.807) is 18.6 Å². The Bertz CT molecular complexity index is 424. The van der Waals surface area contributed by atoms with E-state index in [9.17, 15) is 0 Å². The molecular weight excluding hydrogens is 192 g/mol. The molecule has 0 amide bonds. The molecule has 0 aromatic carbocycles. The van der Waals surface area contributed by atoms with Crippen LogP contribution in [0.5, 0.6) is 0 Å². The van der Waals surface area contributed by atoms with Gasteiger partial charge in [0.15, 0.2) is 0 Å². The van der Waals surface area contributed by atoms with Crippen LogP contribution in [0.3, 0.4) is 0 Å². The largest absolute Gasteiger partial charge is 0.382 e. The monoisotopic (exact) mass is 204 g/mol. The van der Waals surface area contributed by atoms with E-state index in [0.717, 1.165) is 5.82 Å². The minimum Gasteiger partial charge on any atom is -0.382 e. The number of anilines is 2. The van der Waals surface area contributed by atoms with Crippen molar-refractivity contribution in [2.75, 3.05) is 11.1 Å². The Morgan fingerprint density at radius 3 is 3.00 bits per heavy atom. The van der Waals surface area contributed by atoms with Crippen LogP contribution in [0.15, 0.2) is 24.8 Å². The van der Waals surface area contributed by atoms with Gasteiger partial charge in [-0.15, -0.1) is 0 Å². The quantitative estimate of drug-likeness (QED) is 0.692. The maximum Gasteiger partial charge on any atom is 0.147 e. The molecule has 78 valence electrons. The van der Waals surface area contributed by atoms with Gasteiger partial charge in [0.1, 0.15) is 17.5 Å². The Hall–Kier alpha value is -2.11. The van der Waals surface area contributed by atoms with Gasteiger partial charge in [-0.25, -0.2) is 9.97 Å². The first-order valence-corrected chi connectivity index (χ1v) is 4.59. The fourth-order valence-electron chi connectivity index (χ4n) is 1.26. The zero-order valence-electron chi connectivity index (χ0n) is 8.31. The molecule has 2 rings (SSSR count). The van der Waals surface area contributed by atoms with E-state index in [2.05, 4.69) is 25.3 Å². The van der Waals surface area contributed by atoms with Crippen LogP contribution < -0.4 is 11.1 Å². The lowest BCUT2D eigenvalue weighted by Crippen LogP contribution is -2.10. The number of hydrogen-bond acceptors (Lipinski definition) is 5. The molecule has 0 saturated heterocycles. The van der Waals surface area contributed by atoms with Crippen LogP contribution in [0.2, 0.25) is 0 Å². The zero-order chi connectivity index (χ0) is 10.7. The van der Waals surface area contributed by atoms with E-state index in [1.807, 2.05) is 6.92 Å². The summed E-state index contributed by atoms with van der Waals surface area (Å²) in [7, 11) is 0. The molecule has 4 N–H and O–H groups in total. The molecule has 0 spiro atoms. The highest BCUT2D eigenvalue weighted by molar-refractivity contribution is 5.39. The molecule has 6 nitrogen and oxygen atoms in total. The lowest BCUT2D eigenvalue weighted by Gasteiger charge is -2.11. The zero-order valence-corrected chi connectivity index (χ0v) is 8.31. The smallest absolute Gasteiger partial charge is 0.147 e. The minimum absolute atomic E-state index is 0.0381. The van der Waals surface area contributed by atoms with Crippen molar-refractivity contribution < 1.29 is 0 Å². The SMILES string of the molecule is CC(Nc1cncc(N)n1)c1ncc[nH]1. The molecule has 2 aromatic rings. The molecule has 1 atom stereocenters. The minimum atomic E-state index is 0.0381. The molecule has 6 heteroatoms. The van der Waals surface area contributed by atoms with E-state index in [0.29, 0.717) is 11.6 Å². The standard InChI is InChI=1S/C9H12N6/c1-6(9-12-2-3-13-9)14-8-5-11-4-7(10)15-8/h2-6H,1H3,(H,12,13)(H3,10,14,15). The third-order valence-electron chi connectivity index (χ3n) is 1.95. The van der Waals surface area contributed by atoms with Crippen LogP contribution in [-0.4, -0.2) is 19.9 Å². The molecule has 0 aliphatic heterocycles. The first-order chi connectivity index (χ1) is 7.25. The average molecular weight is 204 g/mol. The molecule has 2 aromatic heterocycles. The van der Waals surface area contributed by atoms with Crippen LogP contribution in [0.4, 0.5) is 11.6 Å². The summed E-state index contributed by atoms with van der Waals surface area (Å²) >= 11 is 0. The molecule has 0 aliphatic rings. The van der Waals surface area contributed by atoms with Crippen molar-refractivity contribution >= 4 is 11.6 Å². The Balaban J connectivity index is 2.09. The summed E-state index contributed by atoms with van der Waals surface area (Å²) in [4.78, 5) is 15.2. The highest BCUT2D eigenvalue weighted by Crippen LogP contribution is 2.13. The Morgan fingerprint density at radius 1 is 1.47 bits per heavy atom. The predicted molar refractivity (Wildman–Crippen MR) is 57.1 cm³/mol. The Labute approximate surface area is 87.0 Å². The first kappa shape index (κ1) is 9.45. The lowest BCUT2D eigenvalue weighted by atomic mass is 10.3. The summed E-state index contributed by atoms with van der Waals surface area (Å²) in [6.45, 7) is 1.98. The Morgan fingerprint density at radius 2 is 2.33 bits per heavy atom. The number of nitrogen functional groups attached to an aromatic ring is 1. The van der Waals surface area contributed by atoms with Gasteiger partial charge in [0, 0.05) is 12.4 Å². The lowest BCUT2D eigenvalue weighted by molar-refractivity contribution is 0.802. The van der Waals surface area contributed by atoms with Crippen molar-refractivity contribution in [3.05, 3.63) is 30.6 Å². The summed E-state index contributed by atoms with van der Waals surface area (Å²) in [6.07, 6.45) is 6.61. The topological polar surface area (TPSA) is 92.5 Å². The van der Waals surface area contributed by atoms with Gasteiger partial charge in [-0.3, -0.25) is 4.98 Å². The van der Waals surface area contributed by atoms with Gasteiger partial charge < -0.3 is 16.0 Å². The van der Waals surface area contributed by atoms with Crippen molar-refractivity contribution in [1.82, 2.24) is 19.9 Å². The number of nitrogens with one attached hydrogen (secondary N) is 2. The number of hydrogen-bond donors (Lipinski definition) is 3. The maximum atomic E-state index is 5.52. The van der Waals surface area contributed by atoms with Crippen molar-refractivity contribution in [2.24, 2.45) is 0 Å². The van der Waals surface area contributed by atoms with Crippen LogP contribution in [0.1, 0.15) is 18.8 Å². The number of aromatic amines is 1. The third kappa shape index (κ3) is 2.22. The summed E-state index contributed by atoms with van der Waals surface area (Å²) in [5, 5.41) is 3.14. The third-order valence-corrected chi connectivity index (χ3v) is 1.95. The van der Waals surface area contributed by atoms with Gasteiger partial charge in [0.2, 0.25) is 0 Å². The number of imidazole rings is 1. The molecule has 2 heterocycles. The highest BCUT2D eigenvalue weighted by atomic mass is 15.1. The second-order valence-electron chi connectivity index (χ2n) is 3.17. The Kier molecular flexibility index (Phi) is 2.49. The first-order valence-electron chi connectivity index (χ1n) is 4.59. The van der Waals surface area contributed by atoms with Crippen molar-refractivity contribution in [1.29, 1.82) is 0 Å². The number of rotatable bonds is 3. The predicted octanol–water partition coefficient (Wildman–Crippen LogP) is 0.955. The highest BCUT2D eigenvalue weighted by Gasteiger charge is 2.07. The fraction of sp³-hybridized carbons (Fsp3) is 0.222. The number of aromatic nitrogens is 4. The summed E-state index contributed by atoms with van der Waals surface area (Å²) < 4.78 is 0. The molecule has 1 unspecified atom stereocenters. The van der Waals surface area contributed by atoms with Crippen LogP contribution in [0.25, 0.3) is 0 Å². The number of nitrogens with zero attached hydrogens (tertiary/aromatic N) is 3. The number of H-pyrrole nitrogens is 1. The molecule has 0 fully saturated rings. The molecule has 15 heavy (non-hydrogen) atoms. The summed E-state index contributed by atoms with van der Waals surface area (Å²) in [6, 6.07) is 0.0381. The van der Waals surface area contributed by atoms with Gasteiger partial charge in [0.05, 0.1) is 18.4 Å². The maximum absolute atomic E-state index is 5.52. The molecular formula is C9H12N6. The summed E-state index contributed by atoms with van der Waals surface area (Å²) in [5.41, 5.74) is 5.52. The molecule has 0 radical (unpaired) electrons. The van der Waals surface area contributed by atoms with Crippen molar-refractivity contribution in [2.45, 2.75) is 13.0 Å². The van der Waals surface area contributed by atoms with Gasteiger partial charge in [0.25, 0.3) is 0 Å². The van der Waals surface area contributed by atoms with E-state index >= 15 is 0 Å². The average Bonchev–Trinajstić information content (AvgIpc) is 2.70. The van der Waals surface area contributed by atoms with Crippen LogP contribution in [-0.2, 0) is 0 Å².